The van der Waals surface area contributed by atoms with Crippen LogP contribution in [0.4, 0.5) is 4.39 Å². The van der Waals surface area contributed by atoms with E-state index in [1.807, 2.05) is 24.3 Å². The van der Waals surface area contributed by atoms with Gasteiger partial charge in [-0.25, -0.2) is 4.39 Å². The van der Waals surface area contributed by atoms with Crippen molar-refractivity contribution in [2.45, 2.75) is 25.6 Å². The molecule has 0 N–H and O–H groups in total. The highest BCUT2D eigenvalue weighted by molar-refractivity contribution is 5.35. The molecule has 0 bridgehead atoms. The van der Waals surface area contributed by atoms with Gasteiger partial charge in [-0.3, -0.25) is 4.90 Å². The minimum absolute atomic E-state index is 0.0214. The zero-order chi connectivity index (χ0) is 17.9. The molecule has 4 rings (SSSR count). The number of para-hydroxylation sites is 1. The molecule has 0 unspecified atom stereocenters. The Labute approximate surface area is 153 Å². The molecule has 0 amide bonds. The van der Waals surface area contributed by atoms with Crippen molar-refractivity contribution >= 4 is 0 Å². The summed E-state index contributed by atoms with van der Waals surface area (Å²) in [4.78, 5) is 2.42. The van der Waals surface area contributed by atoms with E-state index in [1.54, 1.807) is 19.2 Å². The first-order chi connectivity index (χ1) is 12.8. The van der Waals surface area contributed by atoms with Gasteiger partial charge in [-0.15, -0.1) is 0 Å². The fourth-order valence-electron chi connectivity index (χ4n) is 3.92. The molecule has 0 fully saturated rings. The average Bonchev–Trinajstić information content (AvgIpc) is 3.03. The average molecular weight is 350 g/mol. The second-order valence-electron chi connectivity index (χ2n) is 6.72. The highest BCUT2D eigenvalue weighted by atomic mass is 19.1. The molecule has 2 aromatic carbocycles. The van der Waals surface area contributed by atoms with Gasteiger partial charge in [0.2, 0.25) is 0 Å². The first kappa shape index (κ1) is 16.9. The molecule has 4 heteroatoms. The molecule has 26 heavy (non-hydrogen) atoms. The van der Waals surface area contributed by atoms with Gasteiger partial charge in [0.15, 0.2) is 0 Å². The predicted molar refractivity (Wildman–Crippen MR) is 101 cm³/mol. The van der Waals surface area contributed by atoms with Gasteiger partial charge in [0.05, 0.1) is 13.2 Å². The van der Waals surface area contributed by atoms with Gasteiger partial charge in [0.1, 0.15) is 11.6 Å². The first-order valence-corrected chi connectivity index (χ1v) is 9.03. The third kappa shape index (κ3) is 3.25. The molecule has 1 atom stereocenters. The van der Waals surface area contributed by atoms with Crippen molar-refractivity contribution in [3.63, 3.8) is 0 Å². The number of rotatable bonds is 4. The van der Waals surface area contributed by atoms with Crippen LogP contribution < -0.4 is 4.74 Å². The van der Waals surface area contributed by atoms with Gasteiger partial charge in [0, 0.05) is 37.1 Å². The summed E-state index contributed by atoms with van der Waals surface area (Å²) in [6.07, 6.45) is 3.18. The molecule has 0 saturated heterocycles. The van der Waals surface area contributed by atoms with E-state index in [1.165, 1.54) is 11.8 Å². The van der Waals surface area contributed by atoms with Gasteiger partial charge in [0.25, 0.3) is 0 Å². The van der Waals surface area contributed by atoms with Crippen molar-refractivity contribution in [2.24, 2.45) is 0 Å². The quantitative estimate of drug-likeness (QED) is 0.682. The van der Waals surface area contributed by atoms with Gasteiger partial charge in [-0.05, 0) is 42.3 Å². The Bertz CT molecular complexity index is 889. The zero-order valence-electron chi connectivity index (χ0n) is 14.9. The maximum atomic E-state index is 14.0. The predicted octanol–water partition coefficient (Wildman–Crippen LogP) is 4.63. The van der Waals surface area contributed by atoms with Crippen LogP contribution in [0.15, 0.2) is 66.9 Å². The maximum Gasteiger partial charge on any atom is 0.123 e. The molecule has 0 saturated carbocycles. The van der Waals surface area contributed by atoms with E-state index in [0.717, 1.165) is 42.9 Å². The summed E-state index contributed by atoms with van der Waals surface area (Å²) in [5.41, 5.74) is 3.35. The van der Waals surface area contributed by atoms with Crippen molar-refractivity contribution in [2.75, 3.05) is 13.7 Å². The summed E-state index contributed by atoms with van der Waals surface area (Å²) in [5.74, 6) is 0.701. The minimum Gasteiger partial charge on any atom is -0.496 e. The summed E-state index contributed by atoms with van der Waals surface area (Å²) in [6, 6.07) is 19.3. The molecule has 0 spiro atoms. The standard InChI is InChI=1S/C22H23FN2O/c1-26-21-11-3-2-7-18(21)16-25-14-6-13-24-12-5-10-20(24)22(25)17-8-4-9-19(23)15-17/h2-5,7-12,15,22H,6,13-14,16H2,1H3/t22-/m0/s1. The van der Waals surface area contributed by atoms with Gasteiger partial charge in [-0.1, -0.05) is 30.3 Å². The van der Waals surface area contributed by atoms with Crippen LogP contribution in [0.3, 0.4) is 0 Å². The van der Waals surface area contributed by atoms with Crippen LogP contribution in [-0.2, 0) is 13.1 Å². The Morgan fingerprint density at radius 2 is 1.92 bits per heavy atom. The molecule has 0 radical (unpaired) electrons. The number of methoxy groups -OCH3 is 1. The Morgan fingerprint density at radius 1 is 1.04 bits per heavy atom. The normalized spacial score (nSPS) is 17.5. The van der Waals surface area contributed by atoms with Crippen LogP contribution in [0.1, 0.15) is 29.3 Å². The lowest BCUT2D eigenvalue weighted by Crippen LogP contribution is -2.29. The molecule has 1 aromatic heterocycles. The lowest BCUT2D eigenvalue weighted by atomic mass is 10.0. The molecule has 134 valence electrons. The van der Waals surface area contributed by atoms with Gasteiger partial charge in [-0.2, -0.15) is 0 Å². The van der Waals surface area contributed by atoms with Crippen molar-refractivity contribution < 1.29 is 9.13 Å². The molecule has 1 aliphatic rings. The third-order valence-corrected chi connectivity index (χ3v) is 5.08. The summed E-state index contributed by atoms with van der Waals surface area (Å²) < 4.78 is 21.8. The second kappa shape index (κ2) is 7.34. The summed E-state index contributed by atoms with van der Waals surface area (Å²) in [6.45, 7) is 2.69. The number of hydrogen-bond donors (Lipinski definition) is 0. The number of ether oxygens (including phenoxy) is 1. The molecule has 1 aliphatic heterocycles. The van der Waals surface area contributed by atoms with E-state index >= 15 is 0 Å². The summed E-state index contributed by atoms with van der Waals surface area (Å²) in [5, 5.41) is 0. The topological polar surface area (TPSA) is 17.4 Å². The van der Waals surface area contributed by atoms with E-state index in [2.05, 4.69) is 33.9 Å². The number of aromatic nitrogens is 1. The van der Waals surface area contributed by atoms with Crippen LogP contribution in [0.5, 0.6) is 5.75 Å². The molecular formula is C22H23FN2O. The van der Waals surface area contributed by atoms with E-state index < -0.39 is 0 Å². The fourth-order valence-corrected chi connectivity index (χ4v) is 3.92. The van der Waals surface area contributed by atoms with Crippen LogP contribution >= 0.6 is 0 Å². The van der Waals surface area contributed by atoms with Crippen molar-refractivity contribution in [1.82, 2.24) is 9.47 Å². The largest absolute Gasteiger partial charge is 0.496 e. The van der Waals surface area contributed by atoms with E-state index in [4.69, 9.17) is 4.74 Å². The Hall–Kier alpha value is -2.59. The van der Waals surface area contributed by atoms with Crippen molar-refractivity contribution in [3.05, 3.63) is 89.5 Å². The first-order valence-electron chi connectivity index (χ1n) is 9.03. The number of halogens is 1. The summed E-state index contributed by atoms with van der Waals surface area (Å²) >= 11 is 0. The van der Waals surface area contributed by atoms with Crippen molar-refractivity contribution in [1.29, 1.82) is 0 Å². The van der Waals surface area contributed by atoms with Gasteiger partial charge >= 0.3 is 0 Å². The number of hydrogen-bond acceptors (Lipinski definition) is 2. The number of benzene rings is 2. The van der Waals surface area contributed by atoms with Crippen LogP contribution in [0, 0.1) is 5.82 Å². The third-order valence-electron chi connectivity index (χ3n) is 5.08. The van der Waals surface area contributed by atoms with E-state index in [9.17, 15) is 4.39 Å². The van der Waals surface area contributed by atoms with Crippen LogP contribution in [0.25, 0.3) is 0 Å². The Morgan fingerprint density at radius 3 is 2.77 bits per heavy atom. The molecule has 0 aliphatic carbocycles. The number of fused-ring (bicyclic) bond motifs is 1. The zero-order valence-corrected chi connectivity index (χ0v) is 14.9. The number of nitrogens with zero attached hydrogens (tertiary/aromatic N) is 2. The monoisotopic (exact) mass is 350 g/mol. The van der Waals surface area contributed by atoms with Crippen LogP contribution in [0.2, 0.25) is 0 Å². The summed E-state index contributed by atoms with van der Waals surface area (Å²) in [7, 11) is 1.70. The minimum atomic E-state index is -0.193. The lowest BCUT2D eigenvalue weighted by molar-refractivity contribution is 0.217. The fraction of sp³-hybridized carbons (Fsp3) is 0.273. The highest BCUT2D eigenvalue weighted by Crippen LogP contribution is 2.34. The molecular weight excluding hydrogens is 327 g/mol. The van der Waals surface area contributed by atoms with Crippen LogP contribution in [-0.4, -0.2) is 23.1 Å². The molecule has 3 aromatic rings. The van der Waals surface area contributed by atoms with Crippen molar-refractivity contribution in [3.8, 4) is 5.75 Å². The highest BCUT2D eigenvalue weighted by Gasteiger charge is 2.28. The lowest BCUT2D eigenvalue weighted by Gasteiger charge is -2.31. The number of aryl methyl sites for hydroxylation is 1. The SMILES string of the molecule is COc1ccccc1CN1CCCn2cccc2[C@@H]1c1cccc(F)c1. The Kier molecular flexibility index (Phi) is 4.76. The molecule has 3 nitrogen and oxygen atoms in total. The van der Waals surface area contributed by atoms with Gasteiger partial charge < -0.3 is 9.30 Å². The van der Waals surface area contributed by atoms with E-state index in [0.29, 0.717) is 0 Å². The maximum absolute atomic E-state index is 14.0. The second-order valence-corrected chi connectivity index (χ2v) is 6.72. The smallest absolute Gasteiger partial charge is 0.123 e. The molecule has 2 heterocycles. The van der Waals surface area contributed by atoms with E-state index in [-0.39, 0.29) is 11.9 Å². The Balaban J connectivity index is 1.76.